The number of ether oxygens (including phenoxy) is 2. The SMILES string of the molecule is C[Si](C)(C)CCOCOc1ccc(F)c(CO)c1. The third kappa shape index (κ3) is 5.62. The standard InChI is InChI=1S/C13H21FO3Si/c1-18(2,3)7-6-16-10-17-12-4-5-13(14)11(8-12)9-15/h4-5,8,15H,6-7,9-10H2,1-3H3. The Hall–Kier alpha value is -0.913. The van der Waals surface area contributed by atoms with E-state index in [9.17, 15) is 4.39 Å². The lowest BCUT2D eigenvalue weighted by Gasteiger charge is -2.15. The lowest BCUT2D eigenvalue weighted by molar-refractivity contribution is 0.0219. The van der Waals surface area contributed by atoms with E-state index in [2.05, 4.69) is 19.6 Å². The van der Waals surface area contributed by atoms with Crippen molar-refractivity contribution in [3.8, 4) is 5.75 Å². The van der Waals surface area contributed by atoms with Gasteiger partial charge < -0.3 is 14.6 Å². The number of rotatable bonds is 7. The van der Waals surface area contributed by atoms with E-state index in [1.807, 2.05) is 0 Å². The number of aliphatic hydroxyl groups is 1. The van der Waals surface area contributed by atoms with Crippen LogP contribution >= 0.6 is 0 Å². The topological polar surface area (TPSA) is 38.7 Å². The van der Waals surface area contributed by atoms with Gasteiger partial charge in [-0.25, -0.2) is 4.39 Å². The zero-order chi connectivity index (χ0) is 13.6. The molecule has 0 saturated heterocycles. The van der Waals surface area contributed by atoms with Crippen LogP contribution < -0.4 is 4.74 Å². The highest BCUT2D eigenvalue weighted by Gasteiger charge is 2.12. The molecule has 0 bridgehead atoms. The fourth-order valence-electron chi connectivity index (χ4n) is 1.31. The Bertz CT molecular complexity index is 377. The van der Waals surface area contributed by atoms with Crippen LogP contribution in [-0.2, 0) is 11.3 Å². The van der Waals surface area contributed by atoms with E-state index < -0.39 is 13.9 Å². The van der Waals surface area contributed by atoms with Crippen LogP contribution in [0.2, 0.25) is 25.7 Å². The van der Waals surface area contributed by atoms with E-state index in [0.717, 1.165) is 6.04 Å². The summed E-state index contributed by atoms with van der Waals surface area (Å²) in [6.07, 6.45) is 0. The monoisotopic (exact) mass is 272 g/mol. The average Bonchev–Trinajstić information content (AvgIpc) is 2.29. The summed E-state index contributed by atoms with van der Waals surface area (Å²) in [5, 5.41) is 8.92. The zero-order valence-corrected chi connectivity index (χ0v) is 12.2. The van der Waals surface area contributed by atoms with Crippen molar-refractivity contribution in [2.45, 2.75) is 32.3 Å². The highest BCUT2D eigenvalue weighted by molar-refractivity contribution is 6.76. The molecule has 0 aliphatic rings. The summed E-state index contributed by atoms with van der Waals surface area (Å²) in [5.74, 6) is 0.0814. The second kappa shape index (κ2) is 6.87. The van der Waals surface area contributed by atoms with Gasteiger partial charge in [0.25, 0.3) is 0 Å². The zero-order valence-electron chi connectivity index (χ0n) is 11.2. The molecule has 0 heterocycles. The van der Waals surface area contributed by atoms with Crippen molar-refractivity contribution in [3.63, 3.8) is 0 Å². The Kier molecular flexibility index (Phi) is 5.78. The van der Waals surface area contributed by atoms with E-state index in [0.29, 0.717) is 12.4 Å². The Labute approximate surface area is 109 Å². The summed E-state index contributed by atoms with van der Waals surface area (Å²) in [6, 6.07) is 5.37. The minimum Gasteiger partial charge on any atom is -0.468 e. The Morgan fingerprint density at radius 3 is 2.61 bits per heavy atom. The molecule has 1 rings (SSSR count). The van der Waals surface area contributed by atoms with Gasteiger partial charge in [0.1, 0.15) is 11.6 Å². The van der Waals surface area contributed by atoms with Crippen LogP contribution in [0, 0.1) is 5.82 Å². The molecule has 0 radical (unpaired) electrons. The molecule has 5 heteroatoms. The minimum absolute atomic E-state index is 0.154. The molecule has 0 saturated carbocycles. The van der Waals surface area contributed by atoms with Crippen LogP contribution in [0.15, 0.2) is 18.2 Å². The molecule has 1 N–H and O–H groups in total. The summed E-state index contributed by atoms with van der Waals surface area (Å²) in [4.78, 5) is 0. The third-order valence-corrected chi connectivity index (χ3v) is 4.20. The van der Waals surface area contributed by atoms with Crippen molar-refractivity contribution in [1.29, 1.82) is 0 Å². The van der Waals surface area contributed by atoms with Gasteiger partial charge >= 0.3 is 0 Å². The van der Waals surface area contributed by atoms with E-state index >= 15 is 0 Å². The van der Waals surface area contributed by atoms with Crippen LogP contribution in [0.3, 0.4) is 0 Å². The minimum atomic E-state index is -1.07. The maximum absolute atomic E-state index is 13.1. The maximum Gasteiger partial charge on any atom is 0.189 e. The molecule has 1 aromatic rings. The normalized spacial score (nSPS) is 11.6. The molecule has 0 unspecified atom stereocenters. The third-order valence-electron chi connectivity index (χ3n) is 2.49. The first-order chi connectivity index (χ1) is 8.42. The molecule has 0 fully saturated rings. The fourth-order valence-corrected chi connectivity index (χ4v) is 2.07. The van der Waals surface area contributed by atoms with Gasteiger partial charge in [0.2, 0.25) is 0 Å². The van der Waals surface area contributed by atoms with Crippen molar-refractivity contribution >= 4 is 8.07 Å². The maximum atomic E-state index is 13.1. The summed E-state index contributed by atoms with van der Waals surface area (Å²) in [5.41, 5.74) is 0.231. The predicted molar refractivity (Wildman–Crippen MR) is 71.9 cm³/mol. The van der Waals surface area contributed by atoms with E-state index in [1.165, 1.54) is 18.2 Å². The van der Waals surface area contributed by atoms with E-state index in [-0.39, 0.29) is 19.0 Å². The lowest BCUT2D eigenvalue weighted by atomic mass is 10.2. The number of hydrogen-bond acceptors (Lipinski definition) is 3. The van der Waals surface area contributed by atoms with Crippen LogP contribution in [-0.4, -0.2) is 26.6 Å². The molecule has 0 aliphatic carbocycles. The number of aliphatic hydroxyl groups excluding tert-OH is 1. The summed E-state index contributed by atoms with van der Waals surface area (Å²) in [6.45, 7) is 7.35. The van der Waals surface area contributed by atoms with Crippen molar-refractivity contribution in [3.05, 3.63) is 29.6 Å². The van der Waals surface area contributed by atoms with Gasteiger partial charge in [0.15, 0.2) is 6.79 Å². The molecule has 0 aromatic heterocycles. The number of benzene rings is 1. The van der Waals surface area contributed by atoms with E-state index in [1.54, 1.807) is 0 Å². The smallest absolute Gasteiger partial charge is 0.189 e. The van der Waals surface area contributed by atoms with Crippen molar-refractivity contribution in [2.24, 2.45) is 0 Å². The van der Waals surface area contributed by atoms with Gasteiger partial charge in [-0.3, -0.25) is 0 Å². The Morgan fingerprint density at radius 1 is 1.28 bits per heavy atom. The molecule has 18 heavy (non-hydrogen) atoms. The first-order valence-corrected chi connectivity index (χ1v) is 9.73. The van der Waals surface area contributed by atoms with E-state index in [4.69, 9.17) is 14.6 Å². The largest absolute Gasteiger partial charge is 0.468 e. The molecule has 0 spiro atoms. The quantitative estimate of drug-likeness (QED) is 0.471. The van der Waals surface area contributed by atoms with Gasteiger partial charge in [-0.05, 0) is 24.2 Å². The molecule has 0 amide bonds. The van der Waals surface area contributed by atoms with Crippen LogP contribution in [0.25, 0.3) is 0 Å². The molecule has 0 aliphatic heterocycles. The number of halogens is 1. The highest BCUT2D eigenvalue weighted by atomic mass is 28.3. The Morgan fingerprint density at radius 2 is 2.00 bits per heavy atom. The molecule has 102 valence electrons. The molecule has 1 aromatic carbocycles. The predicted octanol–water partition coefficient (Wildman–Crippen LogP) is 3.01. The van der Waals surface area contributed by atoms with Gasteiger partial charge in [-0.15, -0.1) is 0 Å². The number of hydrogen-bond donors (Lipinski definition) is 1. The van der Waals surface area contributed by atoms with Crippen LogP contribution in [0.5, 0.6) is 5.75 Å². The first kappa shape index (κ1) is 15.1. The highest BCUT2D eigenvalue weighted by Crippen LogP contribution is 2.17. The summed E-state index contributed by atoms with van der Waals surface area (Å²) < 4.78 is 23.8. The molecular formula is C13H21FO3Si. The van der Waals surface area contributed by atoms with Crippen molar-refractivity contribution < 1.29 is 19.0 Å². The summed E-state index contributed by atoms with van der Waals surface area (Å²) in [7, 11) is -1.07. The molecule has 3 nitrogen and oxygen atoms in total. The first-order valence-electron chi connectivity index (χ1n) is 6.02. The average molecular weight is 272 g/mol. The van der Waals surface area contributed by atoms with Crippen molar-refractivity contribution in [1.82, 2.24) is 0 Å². The molecular weight excluding hydrogens is 251 g/mol. The molecule has 0 atom stereocenters. The van der Waals surface area contributed by atoms with Gasteiger partial charge in [-0.1, -0.05) is 19.6 Å². The van der Waals surface area contributed by atoms with Crippen LogP contribution in [0.4, 0.5) is 4.39 Å². The van der Waals surface area contributed by atoms with Crippen molar-refractivity contribution in [2.75, 3.05) is 13.4 Å². The van der Waals surface area contributed by atoms with Gasteiger partial charge in [0, 0.05) is 20.2 Å². The lowest BCUT2D eigenvalue weighted by Crippen LogP contribution is -2.22. The summed E-state index contributed by atoms with van der Waals surface area (Å²) >= 11 is 0. The second-order valence-corrected chi connectivity index (χ2v) is 11.0. The fraction of sp³-hybridized carbons (Fsp3) is 0.538. The van der Waals surface area contributed by atoms with Gasteiger partial charge in [-0.2, -0.15) is 0 Å². The van der Waals surface area contributed by atoms with Crippen LogP contribution in [0.1, 0.15) is 5.56 Å². The van der Waals surface area contributed by atoms with Gasteiger partial charge in [0.05, 0.1) is 6.61 Å². The second-order valence-electron chi connectivity index (χ2n) is 5.39. The Balaban J connectivity index is 2.31.